The highest BCUT2D eigenvalue weighted by Crippen LogP contribution is 2.31. The first-order chi connectivity index (χ1) is 7.33. The number of aromatic nitrogens is 1. The molecule has 2 heterocycles. The van der Waals surface area contributed by atoms with E-state index >= 15 is 0 Å². The molecule has 15 heavy (non-hydrogen) atoms. The van der Waals surface area contributed by atoms with Gasteiger partial charge < -0.3 is 4.42 Å². The minimum absolute atomic E-state index is 0.714. The van der Waals surface area contributed by atoms with Gasteiger partial charge in [-0.2, -0.15) is 0 Å². The van der Waals surface area contributed by atoms with Gasteiger partial charge in [-0.05, 0) is 24.3 Å². The molecule has 0 saturated heterocycles. The van der Waals surface area contributed by atoms with Crippen LogP contribution in [-0.2, 0) is 0 Å². The summed E-state index contributed by atoms with van der Waals surface area (Å²) in [5.74, 6) is 0. The van der Waals surface area contributed by atoms with Gasteiger partial charge in [-0.3, -0.25) is 0 Å². The Morgan fingerprint density at radius 3 is 3.00 bits per heavy atom. The second kappa shape index (κ2) is 3.36. The number of fused-ring (bicyclic) bond motifs is 1. The van der Waals surface area contributed by atoms with E-state index in [9.17, 15) is 0 Å². The maximum atomic E-state index is 5.90. The molecule has 3 rings (SSSR count). The van der Waals surface area contributed by atoms with Crippen LogP contribution in [0.25, 0.3) is 20.8 Å². The van der Waals surface area contributed by atoms with Gasteiger partial charge in [0, 0.05) is 10.6 Å². The third kappa shape index (κ3) is 1.54. The van der Waals surface area contributed by atoms with Gasteiger partial charge in [-0.1, -0.05) is 11.6 Å². The molecule has 4 heteroatoms. The van der Waals surface area contributed by atoms with Crippen LogP contribution in [0.3, 0.4) is 0 Å². The number of hydrogen-bond donors (Lipinski definition) is 0. The van der Waals surface area contributed by atoms with E-state index in [1.807, 2.05) is 24.3 Å². The number of benzene rings is 1. The average Bonchev–Trinajstić information content (AvgIpc) is 2.84. The lowest BCUT2D eigenvalue weighted by atomic mass is 10.3. The smallest absolute Gasteiger partial charge is 0.127 e. The number of furan rings is 1. The first-order valence-corrected chi connectivity index (χ1v) is 5.61. The third-order valence-electron chi connectivity index (χ3n) is 2.12. The van der Waals surface area contributed by atoms with E-state index in [-0.39, 0.29) is 0 Å². The number of halogens is 1. The zero-order valence-electron chi connectivity index (χ0n) is 7.61. The molecule has 0 fully saturated rings. The third-order valence-corrected chi connectivity index (χ3v) is 3.44. The molecule has 0 amide bonds. The van der Waals surface area contributed by atoms with Crippen LogP contribution >= 0.6 is 22.9 Å². The van der Waals surface area contributed by atoms with Crippen LogP contribution in [-0.4, -0.2) is 4.98 Å². The number of hydrogen-bond acceptors (Lipinski definition) is 3. The molecular formula is C11H6ClNOS. The van der Waals surface area contributed by atoms with E-state index in [0.717, 1.165) is 20.8 Å². The molecule has 0 aliphatic carbocycles. The lowest BCUT2D eigenvalue weighted by Crippen LogP contribution is -1.70. The van der Waals surface area contributed by atoms with E-state index in [0.29, 0.717) is 5.02 Å². The topological polar surface area (TPSA) is 26.0 Å². The Balaban J connectivity index is 2.22. The van der Waals surface area contributed by atoms with Gasteiger partial charge in [0.15, 0.2) is 0 Å². The molecule has 0 radical (unpaired) electrons. The zero-order valence-corrected chi connectivity index (χ0v) is 9.18. The van der Waals surface area contributed by atoms with Crippen molar-refractivity contribution in [1.82, 2.24) is 4.98 Å². The van der Waals surface area contributed by atoms with Crippen LogP contribution in [0, 0.1) is 0 Å². The Hall–Kier alpha value is -1.32. The van der Waals surface area contributed by atoms with Crippen molar-refractivity contribution in [3.63, 3.8) is 0 Å². The van der Waals surface area contributed by atoms with Crippen molar-refractivity contribution in [3.05, 3.63) is 41.8 Å². The van der Waals surface area contributed by atoms with E-state index in [1.54, 1.807) is 23.9 Å². The maximum Gasteiger partial charge on any atom is 0.127 e. The SMILES string of the molecule is Clc1ccc2sc(-c3ccoc3)nc2c1. The predicted molar refractivity (Wildman–Crippen MR) is 62.3 cm³/mol. The molecule has 0 N–H and O–H groups in total. The van der Waals surface area contributed by atoms with Crippen molar-refractivity contribution in [3.8, 4) is 10.6 Å². The minimum atomic E-state index is 0.714. The summed E-state index contributed by atoms with van der Waals surface area (Å²) in [5.41, 5.74) is 1.94. The van der Waals surface area contributed by atoms with Crippen LogP contribution in [0.5, 0.6) is 0 Å². The molecule has 1 aromatic carbocycles. The normalized spacial score (nSPS) is 11.0. The highest BCUT2D eigenvalue weighted by Gasteiger charge is 2.07. The molecule has 0 aliphatic rings. The van der Waals surface area contributed by atoms with Gasteiger partial charge in [0.05, 0.1) is 16.5 Å². The molecule has 0 saturated carbocycles. The molecule has 0 unspecified atom stereocenters. The van der Waals surface area contributed by atoms with Crippen molar-refractivity contribution in [2.75, 3.05) is 0 Å². The Labute approximate surface area is 95.1 Å². The van der Waals surface area contributed by atoms with Crippen LogP contribution < -0.4 is 0 Å². The van der Waals surface area contributed by atoms with Crippen LogP contribution in [0.4, 0.5) is 0 Å². The summed E-state index contributed by atoms with van der Waals surface area (Å²) < 4.78 is 6.16. The molecule has 0 bridgehead atoms. The maximum absolute atomic E-state index is 5.90. The Bertz CT molecular complexity index is 600. The second-order valence-electron chi connectivity index (χ2n) is 3.14. The fourth-order valence-corrected chi connectivity index (χ4v) is 2.51. The molecule has 0 atom stereocenters. The average molecular weight is 236 g/mol. The van der Waals surface area contributed by atoms with Gasteiger partial charge >= 0.3 is 0 Å². The monoisotopic (exact) mass is 235 g/mol. The minimum Gasteiger partial charge on any atom is -0.472 e. The van der Waals surface area contributed by atoms with Gasteiger partial charge in [0.1, 0.15) is 11.3 Å². The van der Waals surface area contributed by atoms with E-state index in [1.165, 1.54) is 0 Å². The summed E-state index contributed by atoms with van der Waals surface area (Å²) in [4.78, 5) is 4.49. The second-order valence-corrected chi connectivity index (χ2v) is 4.61. The Morgan fingerprint density at radius 2 is 2.20 bits per heavy atom. The standard InChI is InChI=1S/C11H6ClNOS/c12-8-1-2-10-9(5-8)13-11(15-10)7-3-4-14-6-7/h1-6H. The summed E-state index contributed by atoms with van der Waals surface area (Å²) in [6, 6.07) is 7.64. The summed E-state index contributed by atoms with van der Waals surface area (Å²) >= 11 is 7.53. The summed E-state index contributed by atoms with van der Waals surface area (Å²) in [5, 5.41) is 1.67. The van der Waals surface area contributed by atoms with Gasteiger partial charge in [-0.15, -0.1) is 11.3 Å². The van der Waals surface area contributed by atoms with E-state index in [2.05, 4.69) is 4.98 Å². The number of rotatable bonds is 1. The highest BCUT2D eigenvalue weighted by molar-refractivity contribution is 7.21. The van der Waals surface area contributed by atoms with Crippen LogP contribution in [0.2, 0.25) is 5.02 Å². The van der Waals surface area contributed by atoms with Crippen molar-refractivity contribution in [1.29, 1.82) is 0 Å². The van der Waals surface area contributed by atoms with Gasteiger partial charge in [-0.25, -0.2) is 4.98 Å². The Kier molecular flexibility index (Phi) is 2.01. The van der Waals surface area contributed by atoms with E-state index < -0.39 is 0 Å². The molecule has 0 aliphatic heterocycles. The van der Waals surface area contributed by atoms with Crippen molar-refractivity contribution >= 4 is 33.2 Å². The molecule has 2 aromatic heterocycles. The van der Waals surface area contributed by atoms with Gasteiger partial charge in [0.2, 0.25) is 0 Å². The van der Waals surface area contributed by atoms with Crippen molar-refractivity contribution in [2.45, 2.75) is 0 Å². The van der Waals surface area contributed by atoms with Gasteiger partial charge in [0.25, 0.3) is 0 Å². The number of nitrogens with zero attached hydrogens (tertiary/aromatic N) is 1. The molecular weight excluding hydrogens is 230 g/mol. The fraction of sp³-hybridized carbons (Fsp3) is 0. The van der Waals surface area contributed by atoms with Crippen LogP contribution in [0.15, 0.2) is 41.2 Å². The molecule has 3 aromatic rings. The predicted octanol–water partition coefficient (Wildman–Crippen LogP) is 4.21. The Morgan fingerprint density at radius 1 is 1.27 bits per heavy atom. The van der Waals surface area contributed by atoms with Crippen molar-refractivity contribution < 1.29 is 4.42 Å². The highest BCUT2D eigenvalue weighted by atomic mass is 35.5. The zero-order chi connectivity index (χ0) is 10.3. The molecule has 2 nitrogen and oxygen atoms in total. The van der Waals surface area contributed by atoms with E-state index in [4.69, 9.17) is 16.0 Å². The first-order valence-electron chi connectivity index (χ1n) is 4.41. The molecule has 0 spiro atoms. The largest absolute Gasteiger partial charge is 0.472 e. The van der Waals surface area contributed by atoms with Crippen molar-refractivity contribution in [2.24, 2.45) is 0 Å². The summed E-state index contributed by atoms with van der Waals surface area (Å²) in [6.45, 7) is 0. The summed E-state index contributed by atoms with van der Waals surface area (Å²) in [7, 11) is 0. The molecule has 74 valence electrons. The quantitative estimate of drug-likeness (QED) is 0.632. The number of thiazole rings is 1. The fourth-order valence-electron chi connectivity index (χ4n) is 1.41. The lowest BCUT2D eigenvalue weighted by molar-refractivity contribution is 0.568. The lowest BCUT2D eigenvalue weighted by Gasteiger charge is -1.86. The van der Waals surface area contributed by atoms with Crippen LogP contribution in [0.1, 0.15) is 0 Å². The first kappa shape index (κ1) is 8.95. The summed E-state index contributed by atoms with van der Waals surface area (Å²) in [6.07, 6.45) is 3.34.